The Kier molecular flexibility index (Phi) is 4.74. The molecule has 1 aromatic rings. The van der Waals surface area contributed by atoms with Gasteiger partial charge in [0, 0.05) is 12.7 Å². The predicted molar refractivity (Wildman–Crippen MR) is 49.8 cm³/mol. The molecular formula is C8H10F6N4O. The van der Waals surface area contributed by atoms with E-state index in [1.54, 1.807) is 0 Å². The van der Waals surface area contributed by atoms with Gasteiger partial charge in [0.25, 0.3) is 0 Å². The second-order valence-electron chi connectivity index (χ2n) is 3.51. The number of aromatic nitrogens is 3. The van der Waals surface area contributed by atoms with Crippen molar-refractivity contribution in [1.29, 1.82) is 0 Å². The number of halogens is 6. The van der Waals surface area contributed by atoms with Crippen molar-refractivity contribution in [2.45, 2.75) is 31.5 Å². The number of nitrogens with zero attached hydrogens (tertiary/aromatic N) is 3. The van der Waals surface area contributed by atoms with Crippen LogP contribution in [0.4, 0.5) is 26.3 Å². The van der Waals surface area contributed by atoms with Crippen molar-refractivity contribution >= 4 is 0 Å². The molecule has 1 rings (SSSR count). The van der Waals surface area contributed by atoms with Crippen LogP contribution in [0.15, 0.2) is 6.20 Å². The standard InChI is InChI=1S/C8H10F6N4O/c9-7(10,11)6(8(12,13)14)19-2-1-18-4-5(3-15)16-17-18/h4,6H,1-3,15H2. The summed E-state index contributed by atoms with van der Waals surface area (Å²) >= 11 is 0. The molecule has 0 spiro atoms. The summed E-state index contributed by atoms with van der Waals surface area (Å²) in [6.07, 6.45) is -13.5. The Morgan fingerprint density at radius 2 is 1.79 bits per heavy atom. The van der Waals surface area contributed by atoms with Crippen molar-refractivity contribution in [2.24, 2.45) is 5.73 Å². The van der Waals surface area contributed by atoms with Crippen LogP contribution in [0.1, 0.15) is 5.69 Å². The van der Waals surface area contributed by atoms with Crippen molar-refractivity contribution < 1.29 is 31.1 Å². The first-order valence-electron chi connectivity index (χ1n) is 4.98. The Hall–Kier alpha value is -1.36. The number of nitrogens with two attached hydrogens (primary N) is 1. The van der Waals surface area contributed by atoms with E-state index < -0.39 is 25.1 Å². The van der Waals surface area contributed by atoms with Gasteiger partial charge in [-0.05, 0) is 0 Å². The largest absolute Gasteiger partial charge is 0.423 e. The number of rotatable bonds is 5. The fraction of sp³-hybridized carbons (Fsp3) is 0.750. The molecule has 0 amide bonds. The average molecular weight is 292 g/mol. The predicted octanol–water partition coefficient (Wildman–Crippen LogP) is 1.25. The molecule has 0 saturated heterocycles. The topological polar surface area (TPSA) is 66.0 Å². The maximum Gasteiger partial charge on any atom is 0.423 e. The molecule has 5 nitrogen and oxygen atoms in total. The fourth-order valence-corrected chi connectivity index (χ4v) is 1.18. The van der Waals surface area contributed by atoms with Gasteiger partial charge in [0.05, 0.1) is 18.8 Å². The minimum Gasteiger partial charge on any atom is -0.359 e. The molecule has 0 unspecified atom stereocenters. The van der Waals surface area contributed by atoms with Gasteiger partial charge in [-0.1, -0.05) is 5.21 Å². The molecule has 0 atom stereocenters. The van der Waals surface area contributed by atoms with Gasteiger partial charge in [-0.25, -0.2) is 4.68 Å². The average Bonchev–Trinajstić information content (AvgIpc) is 2.68. The summed E-state index contributed by atoms with van der Waals surface area (Å²) in [5.41, 5.74) is 5.57. The van der Waals surface area contributed by atoms with Gasteiger partial charge in [0.15, 0.2) is 0 Å². The van der Waals surface area contributed by atoms with Crippen molar-refractivity contribution in [3.8, 4) is 0 Å². The van der Waals surface area contributed by atoms with Crippen molar-refractivity contribution in [2.75, 3.05) is 6.61 Å². The van der Waals surface area contributed by atoms with Crippen LogP contribution < -0.4 is 5.73 Å². The van der Waals surface area contributed by atoms with E-state index in [-0.39, 0.29) is 13.1 Å². The van der Waals surface area contributed by atoms with Gasteiger partial charge in [-0.2, -0.15) is 26.3 Å². The van der Waals surface area contributed by atoms with E-state index in [1.165, 1.54) is 6.20 Å². The van der Waals surface area contributed by atoms with E-state index in [0.717, 1.165) is 4.68 Å². The zero-order valence-electron chi connectivity index (χ0n) is 9.37. The lowest BCUT2D eigenvalue weighted by Crippen LogP contribution is -2.44. The Morgan fingerprint density at radius 1 is 1.21 bits per heavy atom. The summed E-state index contributed by atoms with van der Waals surface area (Å²) in [7, 11) is 0. The molecular weight excluding hydrogens is 282 g/mol. The Bertz CT molecular complexity index is 387. The van der Waals surface area contributed by atoms with Crippen molar-refractivity contribution in [3.63, 3.8) is 0 Å². The molecule has 1 heterocycles. The minimum atomic E-state index is -5.51. The van der Waals surface area contributed by atoms with Crippen LogP contribution >= 0.6 is 0 Å². The number of alkyl halides is 6. The lowest BCUT2D eigenvalue weighted by molar-refractivity contribution is -0.322. The van der Waals surface area contributed by atoms with E-state index >= 15 is 0 Å². The highest BCUT2D eigenvalue weighted by molar-refractivity contribution is 4.90. The SMILES string of the molecule is NCc1cn(CCOC(C(F)(F)F)C(F)(F)F)nn1. The Balaban J connectivity index is 2.53. The molecule has 0 saturated carbocycles. The van der Waals surface area contributed by atoms with Crippen LogP contribution in [0.25, 0.3) is 0 Å². The second kappa shape index (κ2) is 5.74. The summed E-state index contributed by atoms with van der Waals surface area (Å²) < 4.78 is 77.5. The van der Waals surface area contributed by atoms with Crippen LogP contribution in [-0.2, 0) is 17.8 Å². The first kappa shape index (κ1) is 15.7. The Morgan fingerprint density at radius 3 is 2.21 bits per heavy atom. The lowest BCUT2D eigenvalue weighted by atomic mass is 10.3. The molecule has 0 radical (unpaired) electrons. The zero-order chi connectivity index (χ0) is 14.7. The quantitative estimate of drug-likeness (QED) is 0.829. The van der Waals surface area contributed by atoms with Crippen LogP contribution in [0.2, 0.25) is 0 Å². The lowest BCUT2D eigenvalue weighted by Gasteiger charge is -2.22. The molecule has 0 bridgehead atoms. The van der Waals surface area contributed by atoms with E-state index in [1.807, 2.05) is 0 Å². The summed E-state index contributed by atoms with van der Waals surface area (Å²) in [5.74, 6) is 0. The van der Waals surface area contributed by atoms with Gasteiger partial charge in [0.1, 0.15) is 0 Å². The summed E-state index contributed by atoms with van der Waals surface area (Å²) in [6, 6.07) is 0. The molecule has 0 aliphatic carbocycles. The molecule has 11 heteroatoms. The second-order valence-corrected chi connectivity index (χ2v) is 3.51. The van der Waals surface area contributed by atoms with Crippen molar-refractivity contribution in [3.05, 3.63) is 11.9 Å². The van der Waals surface area contributed by atoms with Crippen LogP contribution in [0.3, 0.4) is 0 Å². The highest BCUT2D eigenvalue weighted by Crippen LogP contribution is 2.35. The van der Waals surface area contributed by atoms with Gasteiger partial charge in [0.2, 0.25) is 6.10 Å². The number of hydrogen-bond donors (Lipinski definition) is 1. The van der Waals surface area contributed by atoms with E-state index in [0.29, 0.717) is 5.69 Å². The molecule has 0 aliphatic rings. The number of hydrogen-bond acceptors (Lipinski definition) is 4. The molecule has 19 heavy (non-hydrogen) atoms. The van der Waals surface area contributed by atoms with Gasteiger partial charge in [-0.3, -0.25) is 0 Å². The molecule has 0 fully saturated rings. The maximum atomic E-state index is 12.1. The van der Waals surface area contributed by atoms with Gasteiger partial charge < -0.3 is 10.5 Å². The third-order valence-corrected chi connectivity index (χ3v) is 1.99. The first-order chi connectivity index (χ1) is 8.64. The molecule has 0 aromatic carbocycles. The molecule has 0 aliphatic heterocycles. The first-order valence-corrected chi connectivity index (χ1v) is 4.98. The van der Waals surface area contributed by atoms with Crippen molar-refractivity contribution in [1.82, 2.24) is 15.0 Å². The van der Waals surface area contributed by atoms with E-state index in [4.69, 9.17) is 5.73 Å². The van der Waals surface area contributed by atoms with Crippen LogP contribution in [0, 0.1) is 0 Å². The van der Waals surface area contributed by atoms with Crippen LogP contribution in [0.5, 0.6) is 0 Å². The monoisotopic (exact) mass is 292 g/mol. The molecule has 1 aromatic heterocycles. The smallest absolute Gasteiger partial charge is 0.359 e. The highest BCUT2D eigenvalue weighted by atomic mass is 19.4. The summed E-state index contributed by atoms with van der Waals surface area (Å²) in [4.78, 5) is 0. The highest BCUT2D eigenvalue weighted by Gasteiger charge is 2.57. The van der Waals surface area contributed by atoms with Gasteiger partial charge >= 0.3 is 12.4 Å². The zero-order valence-corrected chi connectivity index (χ0v) is 9.37. The Labute approximate surface area is 103 Å². The van der Waals surface area contributed by atoms with E-state index in [2.05, 4.69) is 15.0 Å². The summed E-state index contributed by atoms with van der Waals surface area (Å²) in [6.45, 7) is -1.04. The normalized spacial score (nSPS) is 13.3. The van der Waals surface area contributed by atoms with Crippen LogP contribution in [-0.4, -0.2) is 40.1 Å². The molecule has 110 valence electrons. The third-order valence-electron chi connectivity index (χ3n) is 1.99. The minimum absolute atomic E-state index is 0.0641. The van der Waals surface area contributed by atoms with E-state index in [9.17, 15) is 26.3 Å². The molecule has 2 N–H and O–H groups in total. The maximum absolute atomic E-state index is 12.1. The number of ether oxygens (including phenoxy) is 1. The summed E-state index contributed by atoms with van der Waals surface area (Å²) in [5, 5.41) is 6.97. The fourth-order valence-electron chi connectivity index (χ4n) is 1.18. The van der Waals surface area contributed by atoms with Gasteiger partial charge in [-0.15, -0.1) is 5.10 Å². The third kappa shape index (κ3) is 4.67.